The molecule has 1 heterocycles. The van der Waals surface area contributed by atoms with E-state index in [0.717, 1.165) is 6.08 Å². The number of rotatable bonds is 2. The van der Waals surface area contributed by atoms with Crippen molar-refractivity contribution in [2.24, 2.45) is 0 Å². The number of allylic oxidation sites excluding steroid dienone is 1. The van der Waals surface area contributed by atoms with E-state index in [4.69, 9.17) is 5.41 Å². The molecule has 0 aliphatic rings. The largest absolute Gasteiger partial charge is 0.763 e. The Labute approximate surface area is 63.9 Å². The van der Waals surface area contributed by atoms with Gasteiger partial charge in [-0.1, -0.05) is 0 Å². The minimum Gasteiger partial charge on any atom is -0.763 e. The van der Waals surface area contributed by atoms with Crippen LogP contribution in [-0.2, 0) is 0 Å². The zero-order valence-electron chi connectivity index (χ0n) is 5.69. The van der Waals surface area contributed by atoms with Gasteiger partial charge in [0.15, 0.2) is 5.78 Å². The lowest BCUT2D eigenvalue weighted by atomic mass is 10.2. The second-order valence-corrected chi connectivity index (χ2v) is 1.87. The highest BCUT2D eigenvalue weighted by atomic mass is 16.1. The van der Waals surface area contributed by atoms with Crippen LogP contribution in [0, 0.1) is 0 Å². The van der Waals surface area contributed by atoms with Crippen LogP contribution < -0.4 is 0 Å². The van der Waals surface area contributed by atoms with Gasteiger partial charge in [0.05, 0.1) is 0 Å². The molecule has 0 bridgehead atoms. The normalized spacial score (nSPS) is 8.36. The number of pyridine rings is 1. The lowest BCUT2D eigenvalue weighted by molar-refractivity contribution is 0.104. The fraction of sp³-hybridized carbons (Fsp3) is 0. The molecule has 0 saturated heterocycles. The summed E-state index contributed by atoms with van der Waals surface area (Å²) in [4.78, 5) is 14.7. The van der Waals surface area contributed by atoms with Gasteiger partial charge in [0, 0.05) is 24.0 Å². The number of hydrogen-bond donors (Lipinski definition) is 0. The van der Waals surface area contributed by atoms with E-state index in [1.54, 1.807) is 18.0 Å². The summed E-state index contributed by atoms with van der Waals surface area (Å²) in [5.41, 5.74) is 0.488. The molecule has 54 valence electrons. The summed E-state index contributed by atoms with van der Waals surface area (Å²) in [6.45, 7) is 0. The maximum atomic E-state index is 10.9. The van der Waals surface area contributed by atoms with Gasteiger partial charge >= 0.3 is 0 Å². The van der Waals surface area contributed by atoms with E-state index in [-0.39, 0.29) is 5.78 Å². The maximum Gasteiger partial charge on any atom is 0.191 e. The standard InChI is InChI=1S/C8H5N2O/c9-4-1-8(11)7-2-5-10-6-3-7/h1-3,5-6H/q-1. The third-order valence-corrected chi connectivity index (χ3v) is 1.16. The third kappa shape index (κ3) is 1.85. The number of carbonyl (C=O) groups is 1. The van der Waals surface area contributed by atoms with Gasteiger partial charge in [-0.3, -0.25) is 15.6 Å². The fourth-order valence-corrected chi connectivity index (χ4v) is 0.658. The summed E-state index contributed by atoms with van der Waals surface area (Å²) in [7, 11) is 0. The van der Waals surface area contributed by atoms with Crippen LogP contribution in [0.1, 0.15) is 10.4 Å². The average Bonchev–Trinajstić information content (AvgIpc) is 2.07. The van der Waals surface area contributed by atoms with Gasteiger partial charge in [0.1, 0.15) is 0 Å². The summed E-state index contributed by atoms with van der Waals surface area (Å²) in [5.74, 6) is 1.39. The van der Waals surface area contributed by atoms with Crippen molar-refractivity contribution in [3.05, 3.63) is 41.6 Å². The molecule has 1 aromatic rings. The van der Waals surface area contributed by atoms with Gasteiger partial charge in [0.25, 0.3) is 0 Å². The molecule has 11 heavy (non-hydrogen) atoms. The Bertz CT molecular complexity index is 299. The number of carbonyl (C=O) groups excluding carboxylic acids is 1. The van der Waals surface area contributed by atoms with E-state index in [2.05, 4.69) is 4.98 Å². The molecule has 0 spiro atoms. The first-order valence-electron chi connectivity index (χ1n) is 3.02. The smallest absolute Gasteiger partial charge is 0.191 e. The van der Waals surface area contributed by atoms with Crippen molar-refractivity contribution in [1.29, 1.82) is 0 Å². The highest BCUT2D eigenvalue weighted by Crippen LogP contribution is 1.96. The SMILES string of the molecule is [N-]=C=CC(=O)c1ccncc1. The summed E-state index contributed by atoms with van der Waals surface area (Å²) in [6, 6.07) is 3.13. The Morgan fingerprint density at radius 3 is 2.73 bits per heavy atom. The summed E-state index contributed by atoms with van der Waals surface area (Å²) in [6.07, 6.45) is 3.99. The number of nitrogens with zero attached hydrogens (tertiary/aromatic N) is 2. The average molecular weight is 145 g/mol. The maximum absolute atomic E-state index is 10.9. The number of hydrogen-bond acceptors (Lipinski definition) is 2. The Morgan fingerprint density at radius 1 is 1.55 bits per heavy atom. The first kappa shape index (κ1) is 7.38. The summed E-state index contributed by atoms with van der Waals surface area (Å²) < 4.78 is 0. The molecule has 0 fully saturated rings. The van der Waals surface area contributed by atoms with Crippen molar-refractivity contribution < 1.29 is 4.79 Å². The molecule has 1 rings (SSSR count). The Balaban J connectivity index is 2.94. The number of aromatic nitrogens is 1. The Morgan fingerprint density at radius 2 is 2.18 bits per heavy atom. The first-order chi connectivity index (χ1) is 5.34. The Kier molecular flexibility index (Phi) is 2.31. The minimum absolute atomic E-state index is 0.282. The van der Waals surface area contributed by atoms with Crippen molar-refractivity contribution in [2.75, 3.05) is 0 Å². The van der Waals surface area contributed by atoms with E-state index in [1.807, 2.05) is 0 Å². The van der Waals surface area contributed by atoms with Crippen molar-refractivity contribution in [3.8, 4) is 0 Å². The van der Waals surface area contributed by atoms with Crippen LogP contribution in [0.4, 0.5) is 0 Å². The van der Waals surface area contributed by atoms with Crippen LogP contribution in [0.5, 0.6) is 0 Å². The third-order valence-electron chi connectivity index (χ3n) is 1.16. The second kappa shape index (κ2) is 3.44. The zero-order chi connectivity index (χ0) is 8.10. The number of ketones is 1. The molecule has 0 aliphatic carbocycles. The molecule has 0 unspecified atom stereocenters. The van der Waals surface area contributed by atoms with Crippen LogP contribution in [-0.4, -0.2) is 16.6 Å². The summed E-state index contributed by atoms with van der Waals surface area (Å²) in [5, 5.41) is 8.16. The van der Waals surface area contributed by atoms with Crippen LogP contribution in [0.15, 0.2) is 30.6 Å². The van der Waals surface area contributed by atoms with Gasteiger partial charge in [0.2, 0.25) is 0 Å². The van der Waals surface area contributed by atoms with Gasteiger partial charge in [-0.2, -0.15) is 0 Å². The highest BCUT2D eigenvalue weighted by molar-refractivity contribution is 6.09. The monoisotopic (exact) mass is 145 g/mol. The summed E-state index contributed by atoms with van der Waals surface area (Å²) >= 11 is 0. The van der Waals surface area contributed by atoms with Gasteiger partial charge in [-0.05, 0) is 12.1 Å². The molecule has 0 N–H and O–H groups in total. The molecular weight excluding hydrogens is 140 g/mol. The predicted octanol–water partition coefficient (Wildman–Crippen LogP) is 1.06. The topological polar surface area (TPSA) is 52.3 Å². The fourth-order valence-electron chi connectivity index (χ4n) is 0.658. The van der Waals surface area contributed by atoms with Crippen LogP contribution >= 0.6 is 0 Å². The van der Waals surface area contributed by atoms with Gasteiger partial charge in [-0.25, -0.2) is 0 Å². The molecule has 3 heteroatoms. The molecule has 0 saturated carbocycles. The molecule has 0 atom stereocenters. The molecule has 0 aromatic carbocycles. The van der Waals surface area contributed by atoms with Crippen molar-refractivity contribution in [2.45, 2.75) is 0 Å². The first-order valence-corrected chi connectivity index (χ1v) is 3.02. The zero-order valence-corrected chi connectivity index (χ0v) is 5.69. The molecule has 1 aromatic heterocycles. The van der Waals surface area contributed by atoms with E-state index in [1.165, 1.54) is 12.4 Å². The molecular formula is C8H5N2O-. The van der Waals surface area contributed by atoms with E-state index < -0.39 is 0 Å². The van der Waals surface area contributed by atoms with E-state index in [9.17, 15) is 4.79 Å². The highest BCUT2D eigenvalue weighted by Gasteiger charge is 1.96. The van der Waals surface area contributed by atoms with Gasteiger partial charge < -0.3 is 5.41 Å². The second-order valence-electron chi connectivity index (χ2n) is 1.87. The predicted molar refractivity (Wildman–Crippen MR) is 41.5 cm³/mol. The molecule has 0 amide bonds. The molecule has 0 aliphatic heterocycles. The van der Waals surface area contributed by atoms with Crippen molar-refractivity contribution in [3.63, 3.8) is 0 Å². The van der Waals surface area contributed by atoms with E-state index in [0.29, 0.717) is 5.56 Å². The van der Waals surface area contributed by atoms with Crippen molar-refractivity contribution in [1.82, 2.24) is 4.98 Å². The molecule has 0 radical (unpaired) electrons. The van der Waals surface area contributed by atoms with Crippen LogP contribution in [0.25, 0.3) is 5.41 Å². The minimum atomic E-state index is -0.282. The van der Waals surface area contributed by atoms with Crippen LogP contribution in [0.3, 0.4) is 0 Å². The lowest BCUT2D eigenvalue weighted by Crippen LogP contribution is -1.93. The quantitative estimate of drug-likeness (QED) is 0.355. The lowest BCUT2D eigenvalue weighted by Gasteiger charge is -1.91. The van der Waals surface area contributed by atoms with Crippen LogP contribution in [0.2, 0.25) is 0 Å². The van der Waals surface area contributed by atoms with Gasteiger partial charge in [-0.15, -0.1) is 0 Å². The van der Waals surface area contributed by atoms with E-state index >= 15 is 0 Å². The Hall–Kier alpha value is -1.73. The molecule has 3 nitrogen and oxygen atoms in total. The van der Waals surface area contributed by atoms with Crippen molar-refractivity contribution >= 4 is 11.7 Å².